The van der Waals surface area contributed by atoms with Crippen LogP contribution in [0.5, 0.6) is 0 Å². The van der Waals surface area contributed by atoms with Gasteiger partial charge in [0.1, 0.15) is 23.2 Å². The average Bonchev–Trinajstić information content (AvgIpc) is 3.50. The summed E-state index contributed by atoms with van der Waals surface area (Å²) < 4.78 is 30.2. The number of allylic oxidation sites excluding steroid dienone is 3. The number of hydrogen-bond donors (Lipinski definition) is 2. The van der Waals surface area contributed by atoms with Gasteiger partial charge in [0.15, 0.2) is 0 Å². The van der Waals surface area contributed by atoms with Gasteiger partial charge in [0.25, 0.3) is 0 Å². The number of dihydropyridines is 1. The molecule has 2 atom stereocenters. The average molecular weight is 607 g/mol. The highest BCUT2D eigenvalue weighted by atomic mass is 32.2. The van der Waals surface area contributed by atoms with Crippen molar-refractivity contribution >= 4 is 35.0 Å². The first kappa shape index (κ1) is 30.4. The molecule has 2 unspecified atom stereocenters. The molecule has 0 bridgehead atoms. The minimum atomic E-state index is -0.960. The second-order valence-electron chi connectivity index (χ2n) is 9.01. The second kappa shape index (κ2) is 13.4. The molecule has 0 fully saturated rings. The molecule has 0 spiro atoms. The fraction of sp³-hybridized carbons (Fsp3) is 0.267. The zero-order valence-corrected chi connectivity index (χ0v) is 24.7. The van der Waals surface area contributed by atoms with Crippen molar-refractivity contribution in [3.05, 3.63) is 103 Å². The molecule has 3 N–H and O–H groups in total. The number of nitrogens with zero attached hydrogens (tertiary/aromatic N) is 2. The predicted octanol–water partition coefficient (Wildman–Crippen LogP) is 5.20. The number of nitrogens with two attached hydrogens (primary N) is 1. The maximum atomic E-state index is 13.7. The van der Waals surface area contributed by atoms with E-state index < -0.39 is 29.6 Å². The number of rotatable bonds is 9. The number of esters is 2. The Morgan fingerprint density at radius 3 is 2.26 bits per heavy atom. The van der Waals surface area contributed by atoms with E-state index in [1.54, 1.807) is 20.8 Å². The first-order valence-electron chi connectivity index (χ1n) is 12.9. The number of benzene rings is 1. The molecule has 216 valence electrons. The zero-order valence-electron chi connectivity index (χ0n) is 23.0. The maximum Gasteiger partial charge on any atom is 0.338 e. The quantitative estimate of drug-likeness (QED) is 0.365. The number of halogens is 1. The molecule has 2 aromatic rings. The molecule has 42 heavy (non-hydrogen) atoms. The molecule has 1 aromatic carbocycles. The summed E-state index contributed by atoms with van der Waals surface area (Å²) in [5, 5.41) is 25.6. The third-order valence-corrected chi connectivity index (χ3v) is 8.47. The topological polar surface area (TPSA) is 147 Å². The second-order valence-corrected chi connectivity index (χ2v) is 11.0. The van der Waals surface area contributed by atoms with Gasteiger partial charge in [-0.25, -0.2) is 14.0 Å². The first-order valence-corrected chi connectivity index (χ1v) is 14.8. The molecule has 0 saturated carbocycles. The summed E-state index contributed by atoms with van der Waals surface area (Å²) in [6, 6.07) is 13.3. The lowest BCUT2D eigenvalue weighted by Crippen LogP contribution is -2.29. The number of ether oxygens (including phenoxy) is 3. The van der Waals surface area contributed by atoms with Gasteiger partial charge >= 0.3 is 11.9 Å². The van der Waals surface area contributed by atoms with E-state index in [9.17, 15) is 24.5 Å². The van der Waals surface area contributed by atoms with Crippen LogP contribution >= 0.6 is 23.1 Å². The van der Waals surface area contributed by atoms with E-state index in [2.05, 4.69) is 11.4 Å². The summed E-state index contributed by atoms with van der Waals surface area (Å²) in [7, 11) is 0. The Morgan fingerprint density at radius 2 is 1.69 bits per heavy atom. The van der Waals surface area contributed by atoms with Gasteiger partial charge < -0.3 is 25.3 Å². The van der Waals surface area contributed by atoms with Gasteiger partial charge in [-0.05, 0) is 49.9 Å². The lowest BCUT2D eigenvalue weighted by Gasteiger charge is -2.30. The Labute approximate surface area is 250 Å². The van der Waals surface area contributed by atoms with Crippen LogP contribution < -0.4 is 11.1 Å². The number of thiophene rings is 1. The van der Waals surface area contributed by atoms with Gasteiger partial charge in [-0.3, -0.25) is 0 Å². The van der Waals surface area contributed by atoms with E-state index in [1.165, 1.54) is 47.4 Å². The van der Waals surface area contributed by atoms with Crippen molar-refractivity contribution in [1.29, 1.82) is 10.5 Å². The van der Waals surface area contributed by atoms with Crippen LogP contribution in [0.25, 0.3) is 0 Å². The normalized spacial score (nSPS) is 18.6. The molecular formula is C30H27FN4O5S2. The van der Waals surface area contributed by atoms with Crippen molar-refractivity contribution in [3.63, 3.8) is 0 Å². The van der Waals surface area contributed by atoms with Gasteiger partial charge in [0, 0.05) is 10.6 Å². The lowest BCUT2D eigenvalue weighted by molar-refractivity contribution is -0.139. The minimum absolute atomic E-state index is 0.0118. The number of nitriles is 2. The van der Waals surface area contributed by atoms with E-state index >= 15 is 0 Å². The van der Waals surface area contributed by atoms with Crippen LogP contribution in [0.4, 0.5) is 4.39 Å². The highest BCUT2D eigenvalue weighted by molar-refractivity contribution is 8.03. The van der Waals surface area contributed by atoms with Crippen LogP contribution in [-0.4, -0.2) is 30.9 Å². The lowest BCUT2D eigenvalue weighted by atomic mass is 9.83. The highest BCUT2D eigenvalue weighted by Gasteiger charge is 2.39. The van der Waals surface area contributed by atoms with Crippen LogP contribution in [0, 0.1) is 28.5 Å². The summed E-state index contributed by atoms with van der Waals surface area (Å²) >= 11 is 2.58. The molecule has 4 rings (SSSR count). The van der Waals surface area contributed by atoms with Crippen molar-refractivity contribution in [1.82, 2.24) is 5.32 Å². The van der Waals surface area contributed by atoms with Crippen molar-refractivity contribution < 1.29 is 28.2 Å². The van der Waals surface area contributed by atoms with E-state index in [0.717, 1.165) is 4.88 Å². The molecule has 0 saturated heterocycles. The Morgan fingerprint density at radius 1 is 1.05 bits per heavy atom. The van der Waals surface area contributed by atoms with Crippen LogP contribution in [0.15, 0.2) is 86.4 Å². The van der Waals surface area contributed by atoms with Gasteiger partial charge in [0.2, 0.25) is 5.88 Å². The number of thioether (sulfide) groups is 1. The van der Waals surface area contributed by atoms with Crippen LogP contribution in [0.1, 0.15) is 43.0 Å². The third kappa shape index (κ3) is 6.05. The maximum absolute atomic E-state index is 13.7. The Balaban J connectivity index is 1.79. The molecule has 9 nitrogen and oxygen atoms in total. The summed E-state index contributed by atoms with van der Waals surface area (Å²) in [6.07, 6.45) is 0. The van der Waals surface area contributed by atoms with E-state index in [0.29, 0.717) is 27.4 Å². The van der Waals surface area contributed by atoms with Gasteiger partial charge in [-0.1, -0.05) is 30.0 Å². The highest BCUT2D eigenvalue weighted by Crippen LogP contribution is 2.45. The van der Waals surface area contributed by atoms with Crippen molar-refractivity contribution in [3.8, 4) is 12.1 Å². The minimum Gasteiger partial charge on any atom is -0.463 e. The molecular weight excluding hydrogens is 579 g/mol. The molecule has 2 aliphatic heterocycles. The molecule has 1 aromatic heterocycles. The van der Waals surface area contributed by atoms with Crippen molar-refractivity contribution in [2.75, 3.05) is 19.0 Å². The van der Waals surface area contributed by atoms with Gasteiger partial charge in [-0.2, -0.15) is 10.5 Å². The van der Waals surface area contributed by atoms with Crippen LogP contribution in [0.2, 0.25) is 0 Å². The molecule has 0 aliphatic carbocycles. The monoisotopic (exact) mass is 606 g/mol. The summed E-state index contributed by atoms with van der Waals surface area (Å²) in [5.41, 5.74) is 7.79. The Hall–Kier alpha value is -4.52. The number of hydrogen-bond acceptors (Lipinski definition) is 11. The number of carbonyl (C=O) groups is 2. The van der Waals surface area contributed by atoms with E-state index in [-0.39, 0.29) is 41.8 Å². The Bertz CT molecular complexity index is 1600. The van der Waals surface area contributed by atoms with Crippen LogP contribution in [0.3, 0.4) is 0 Å². The first-order chi connectivity index (χ1) is 20.2. The van der Waals surface area contributed by atoms with Crippen LogP contribution in [-0.2, 0) is 23.8 Å². The SMILES string of the molecule is CCOC(=O)C1=C(CSC2=C(C#N)C(c3cccs3)C(C(=O)OCC)=C(C)N2)OC(N)=C(C#N)C1c1ccc(F)cc1. The summed E-state index contributed by atoms with van der Waals surface area (Å²) in [4.78, 5) is 27.0. The smallest absolute Gasteiger partial charge is 0.338 e. The standard InChI is InChI=1S/C30H27FN4O5S2/c1-4-38-29(36)23-16(3)35-28(20(14-33)25(23)22-7-6-12-41-22)42-15-21-26(30(37)39-5-2)24(19(13-32)27(34)40-21)17-8-10-18(31)11-9-17/h6-12,24-25,35H,4-5,15,34H2,1-3H3. The number of nitrogens with one attached hydrogen (secondary N) is 1. The van der Waals surface area contributed by atoms with E-state index in [4.69, 9.17) is 19.9 Å². The Kier molecular flexibility index (Phi) is 9.73. The molecule has 0 amide bonds. The summed E-state index contributed by atoms with van der Waals surface area (Å²) in [5.74, 6) is -3.40. The van der Waals surface area contributed by atoms with E-state index in [1.807, 2.05) is 23.6 Å². The molecule has 0 radical (unpaired) electrons. The predicted molar refractivity (Wildman–Crippen MR) is 155 cm³/mol. The molecule has 12 heteroatoms. The fourth-order valence-electron chi connectivity index (χ4n) is 4.73. The van der Waals surface area contributed by atoms with Gasteiger partial charge in [0.05, 0.1) is 58.6 Å². The number of carbonyl (C=O) groups excluding carboxylic acids is 2. The zero-order chi connectivity index (χ0) is 30.4. The largest absolute Gasteiger partial charge is 0.463 e. The third-order valence-electron chi connectivity index (χ3n) is 6.51. The summed E-state index contributed by atoms with van der Waals surface area (Å²) in [6.45, 7) is 5.33. The molecule has 2 aliphatic rings. The molecule has 3 heterocycles. The van der Waals surface area contributed by atoms with Crippen molar-refractivity contribution in [2.24, 2.45) is 5.73 Å². The van der Waals surface area contributed by atoms with Gasteiger partial charge in [-0.15, -0.1) is 11.3 Å². The fourth-order valence-corrected chi connectivity index (χ4v) is 6.61. The van der Waals surface area contributed by atoms with Crippen molar-refractivity contribution in [2.45, 2.75) is 32.6 Å².